The van der Waals surface area contributed by atoms with Crippen LogP contribution < -0.4 is 5.32 Å². The van der Waals surface area contributed by atoms with Crippen LogP contribution in [0.3, 0.4) is 0 Å². The molecule has 1 heterocycles. The molecule has 0 aromatic heterocycles. The quantitative estimate of drug-likeness (QED) is 0.417. The molecule has 0 aromatic carbocycles. The standard InChI is InChI=1S/C22H39NO5/c24-13-18-21(20(26)19(25)12-23-18)28-5-3-1-2-4-27-14-22-9-15-6-16(10-22)8-17(7-15)11-22/h15-21,23-26H,1-14H2/t15?,16?,17?,18-,19+,20-,21-,22?/m1/s1. The van der Waals surface area contributed by atoms with Gasteiger partial charge in [0.05, 0.1) is 25.4 Å². The van der Waals surface area contributed by atoms with Gasteiger partial charge in [-0.05, 0) is 81.0 Å². The van der Waals surface area contributed by atoms with Crippen molar-refractivity contribution in [1.82, 2.24) is 5.32 Å². The Hall–Kier alpha value is -0.240. The summed E-state index contributed by atoms with van der Waals surface area (Å²) in [6.45, 7) is 2.50. The first kappa shape index (κ1) is 21.0. The Balaban J connectivity index is 1.07. The van der Waals surface area contributed by atoms with E-state index in [1.54, 1.807) is 0 Å². The summed E-state index contributed by atoms with van der Waals surface area (Å²) in [6, 6.07) is -0.318. The summed E-state index contributed by atoms with van der Waals surface area (Å²) >= 11 is 0. The maximum atomic E-state index is 10.1. The fourth-order valence-corrected chi connectivity index (χ4v) is 6.81. The minimum absolute atomic E-state index is 0.105. The van der Waals surface area contributed by atoms with Crippen LogP contribution >= 0.6 is 0 Å². The molecule has 4 N–H and O–H groups in total. The molecule has 0 unspecified atom stereocenters. The second kappa shape index (κ2) is 9.27. The zero-order valence-corrected chi connectivity index (χ0v) is 17.1. The molecule has 0 radical (unpaired) electrons. The molecule has 0 aromatic rings. The molecule has 4 atom stereocenters. The van der Waals surface area contributed by atoms with Gasteiger partial charge in [0.1, 0.15) is 12.2 Å². The van der Waals surface area contributed by atoms with Gasteiger partial charge < -0.3 is 30.1 Å². The van der Waals surface area contributed by atoms with E-state index >= 15 is 0 Å². The summed E-state index contributed by atoms with van der Waals surface area (Å²) < 4.78 is 11.9. The lowest BCUT2D eigenvalue weighted by atomic mass is 9.50. The van der Waals surface area contributed by atoms with E-state index < -0.39 is 18.3 Å². The Morgan fingerprint density at radius 2 is 1.54 bits per heavy atom. The number of ether oxygens (including phenoxy) is 2. The number of hydrogen-bond acceptors (Lipinski definition) is 6. The lowest BCUT2D eigenvalue weighted by Crippen LogP contribution is -2.61. The molecule has 5 aliphatic rings. The van der Waals surface area contributed by atoms with Gasteiger partial charge in [0.15, 0.2) is 0 Å². The Morgan fingerprint density at radius 1 is 0.893 bits per heavy atom. The summed E-state index contributed by atoms with van der Waals surface area (Å²) in [6.07, 6.45) is 9.30. The van der Waals surface area contributed by atoms with E-state index in [1.807, 2.05) is 0 Å². The molecular formula is C22H39NO5. The fraction of sp³-hybridized carbons (Fsp3) is 1.00. The number of hydrogen-bond donors (Lipinski definition) is 4. The van der Waals surface area contributed by atoms with E-state index in [-0.39, 0.29) is 19.2 Å². The molecule has 162 valence electrons. The minimum Gasteiger partial charge on any atom is -0.395 e. The third kappa shape index (κ3) is 4.73. The number of piperidine rings is 1. The van der Waals surface area contributed by atoms with Crippen molar-refractivity contribution in [3.05, 3.63) is 0 Å². The van der Waals surface area contributed by atoms with Gasteiger partial charge in [-0.3, -0.25) is 0 Å². The Kier molecular flexibility index (Phi) is 6.96. The van der Waals surface area contributed by atoms with E-state index in [9.17, 15) is 15.3 Å². The lowest BCUT2D eigenvalue weighted by molar-refractivity contribution is -0.129. The first-order chi connectivity index (χ1) is 13.6. The highest BCUT2D eigenvalue weighted by Crippen LogP contribution is 2.60. The molecule has 4 bridgehead atoms. The van der Waals surface area contributed by atoms with Crippen LogP contribution in [0.2, 0.25) is 0 Å². The first-order valence-corrected chi connectivity index (χ1v) is 11.5. The Labute approximate surface area is 169 Å². The van der Waals surface area contributed by atoms with Gasteiger partial charge in [-0.25, -0.2) is 0 Å². The zero-order chi connectivity index (χ0) is 19.6. The molecule has 0 spiro atoms. The van der Waals surface area contributed by atoms with Gasteiger partial charge in [-0.15, -0.1) is 0 Å². The van der Waals surface area contributed by atoms with Crippen molar-refractivity contribution in [2.45, 2.75) is 82.1 Å². The van der Waals surface area contributed by atoms with Crippen molar-refractivity contribution in [3.8, 4) is 0 Å². The number of β-amino-alcohol motifs (C(OH)–C–C–N with tert-alkyl or cyclic N) is 1. The predicted molar refractivity (Wildman–Crippen MR) is 106 cm³/mol. The van der Waals surface area contributed by atoms with Crippen LogP contribution in [0, 0.1) is 23.2 Å². The van der Waals surface area contributed by atoms with Crippen LogP contribution in [-0.2, 0) is 9.47 Å². The van der Waals surface area contributed by atoms with Crippen molar-refractivity contribution in [3.63, 3.8) is 0 Å². The number of aliphatic hydroxyl groups excluding tert-OH is 3. The lowest BCUT2D eigenvalue weighted by Gasteiger charge is -2.56. The van der Waals surface area contributed by atoms with E-state index in [2.05, 4.69) is 5.32 Å². The summed E-state index contributed by atoms with van der Waals surface area (Å²) in [7, 11) is 0. The van der Waals surface area contributed by atoms with Crippen molar-refractivity contribution < 1.29 is 24.8 Å². The summed E-state index contributed by atoms with van der Waals surface area (Å²) in [5, 5.41) is 32.3. The SMILES string of the molecule is OC[C@H]1NC[C@H](O)[C@@H](O)[C@@H]1OCCCCCOCC12CC3CC(CC(C3)C1)C2. The molecule has 28 heavy (non-hydrogen) atoms. The second-order valence-corrected chi connectivity index (χ2v) is 10.1. The van der Waals surface area contributed by atoms with Crippen LogP contribution in [0.15, 0.2) is 0 Å². The van der Waals surface area contributed by atoms with Gasteiger partial charge >= 0.3 is 0 Å². The van der Waals surface area contributed by atoms with Crippen molar-refractivity contribution in [1.29, 1.82) is 0 Å². The molecule has 4 aliphatic carbocycles. The molecule has 4 saturated carbocycles. The zero-order valence-electron chi connectivity index (χ0n) is 17.1. The largest absolute Gasteiger partial charge is 0.395 e. The summed E-state index contributed by atoms with van der Waals surface area (Å²) in [5.41, 5.74) is 0.502. The molecule has 6 nitrogen and oxygen atoms in total. The van der Waals surface area contributed by atoms with E-state index in [1.165, 1.54) is 38.5 Å². The number of aliphatic hydroxyl groups is 3. The maximum absolute atomic E-state index is 10.1. The topological polar surface area (TPSA) is 91.2 Å². The number of rotatable bonds is 10. The van der Waals surface area contributed by atoms with Gasteiger partial charge in [0, 0.05) is 19.8 Å². The molecule has 1 saturated heterocycles. The number of unbranched alkanes of at least 4 members (excludes halogenated alkanes) is 2. The van der Waals surface area contributed by atoms with E-state index in [4.69, 9.17) is 9.47 Å². The molecular weight excluding hydrogens is 358 g/mol. The highest BCUT2D eigenvalue weighted by molar-refractivity contribution is 5.01. The smallest absolute Gasteiger partial charge is 0.109 e. The molecule has 5 fully saturated rings. The minimum atomic E-state index is -0.943. The van der Waals surface area contributed by atoms with Crippen LogP contribution in [0.1, 0.15) is 57.8 Å². The highest BCUT2D eigenvalue weighted by Gasteiger charge is 2.50. The van der Waals surface area contributed by atoms with E-state index in [0.29, 0.717) is 12.0 Å². The van der Waals surface area contributed by atoms with Crippen molar-refractivity contribution >= 4 is 0 Å². The predicted octanol–water partition coefficient (Wildman–Crippen LogP) is 1.46. The molecule has 0 amide bonds. The van der Waals surface area contributed by atoms with Crippen LogP contribution in [0.4, 0.5) is 0 Å². The van der Waals surface area contributed by atoms with Crippen molar-refractivity contribution in [2.75, 3.05) is 33.0 Å². The van der Waals surface area contributed by atoms with Crippen LogP contribution in [0.5, 0.6) is 0 Å². The Bertz CT molecular complexity index is 464. The molecule has 6 heteroatoms. The number of nitrogens with one attached hydrogen (secondary N) is 1. The normalized spacial score (nSPS) is 44.9. The summed E-state index contributed by atoms with van der Waals surface area (Å²) in [5.74, 6) is 2.95. The fourth-order valence-electron chi connectivity index (χ4n) is 6.81. The third-order valence-corrected chi connectivity index (χ3v) is 7.73. The average molecular weight is 398 g/mol. The Morgan fingerprint density at radius 3 is 2.18 bits per heavy atom. The van der Waals surface area contributed by atoms with Gasteiger partial charge in [-0.2, -0.15) is 0 Å². The molecule has 1 aliphatic heterocycles. The van der Waals surface area contributed by atoms with E-state index in [0.717, 1.165) is 50.2 Å². The molecule has 5 rings (SSSR count). The van der Waals surface area contributed by atoms with Crippen LogP contribution in [0.25, 0.3) is 0 Å². The highest BCUT2D eigenvalue weighted by atomic mass is 16.5. The monoisotopic (exact) mass is 397 g/mol. The summed E-state index contributed by atoms with van der Waals surface area (Å²) in [4.78, 5) is 0. The average Bonchev–Trinajstić information content (AvgIpc) is 2.66. The second-order valence-electron chi connectivity index (χ2n) is 10.1. The van der Waals surface area contributed by atoms with Gasteiger partial charge in [-0.1, -0.05) is 0 Å². The third-order valence-electron chi connectivity index (χ3n) is 7.73. The van der Waals surface area contributed by atoms with Gasteiger partial charge in [0.25, 0.3) is 0 Å². The maximum Gasteiger partial charge on any atom is 0.109 e. The van der Waals surface area contributed by atoms with Crippen molar-refractivity contribution in [2.24, 2.45) is 23.2 Å². The van der Waals surface area contributed by atoms with Gasteiger partial charge in [0.2, 0.25) is 0 Å². The van der Waals surface area contributed by atoms with Crippen LogP contribution in [-0.4, -0.2) is 72.6 Å². The first-order valence-electron chi connectivity index (χ1n) is 11.5.